The third kappa shape index (κ3) is 3.64. The monoisotopic (exact) mass is 338 g/mol. The van der Waals surface area contributed by atoms with Gasteiger partial charge in [-0.05, 0) is 49.7 Å². The molecule has 4 N–H and O–H groups in total. The van der Waals surface area contributed by atoms with Gasteiger partial charge >= 0.3 is 0 Å². The van der Waals surface area contributed by atoms with Gasteiger partial charge in [-0.25, -0.2) is 4.98 Å². The van der Waals surface area contributed by atoms with Crippen LogP contribution in [0, 0.1) is 6.92 Å². The molecule has 0 saturated heterocycles. The minimum Gasteiger partial charge on any atom is -0.497 e. The van der Waals surface area contributed by atoms with Crippen molar-refractivity contribution in [1.82, 2.24) is 15.3 Å². The van der Waals surface area contributed by atoms with Crippen molar-refractivity contribution in [1.29, 1.82) is 0 Å². The van der Waals surface area contributed by atoms with Crippen LogP contribution in [0.25, 0.3) is 22.4 Å². The predicted octanol–water partition coefficient (Wildman–Crippen LogP) is 2.63. The number of nitrogens with two attached hydrogens (primary N) is 1. The van der Waals surface area contributed by atoms with E-state index in [2.05, 4.69) is 15.3 Å². The number of hydrogen-bond acceptors (Lipinski definition) is 4. The van der Waals surface area contributed by atoms with Crippen LogP contribution in [0.5, 0.6) is 5.75 Å². The number of benzene rings is 2. The summed E-state index contributed by atoms with van der Waals surface area (Å²) >= 11 is 0. The molecule has 0 aliphatic rings. The highest BCUT2D eigenvalue weighted by molar-refractivity contribution is 5.95. The Labute approximate surface area is 146 Å². The average molecular weight is 338 g/mol. The third-order valence-electron chi connectivity index (χ3n) is 4.10. The van der Waals surface area contributed by atoms with Crippen molar-refractivity contribution in [2.45, 2.75) is 13.3 Å². The largest absolute Gasteiger partial charge is 0.497 e. The van der Waals surface area contributed by atoms with Crippen molar-refractivity contribution in [3.05, 3.63) is 47.5 Å². The minimum absolute atomic E-state index is 0.0857. The molecule has 1 amide bonds. The van der Waals surface area contributed by atoms with Crippen molar-refractivity contribution < 1.29 is 9.53 Å². The number of aromatic nitrogens is 2. The lowest BCUT2D eigenvalue weighted by Crippen LogP contribution is -2.26. The van der Waals surface area contributed by atoms with Crippen molar-refractivity contribution in [3.8, 4) is 17.1 Å². The van der Waals surface area contributed by atoms with Crippen LogP contribution in [0.1, 0.15) is 22.3 Å². The van der Waals surface area contributed by atoms with Crippen LogP contribution in [0.15, 0.2) is 36.4 Å². The molecule has 6 heteroatoms. The van der Waals surface area contributed by atoms with Crippen LogP contribution in [0.2, 0.25) is 0 Å². The summed E-state index contributed by atoms with van der Waals surface area (Å²) in [6.45, 7) is 3.12. The van der Waals surface area contributed by atoms with E-state index in [1.54, 1.807) is 7.11 Å². The first-order valence-corrected chi connectivity index (χ1v) is 8.25. The molecule has 25 heavy (non-hydrogen) atoms. The van der Waals surface area contributed by atoms with E-state index in [1.165, 1.54) is 0 Å². The van der Waals surface area contributed by atoms with Crippen molar-refractivity contribution in [2.24, 2.45) is 5.73 Å². The second kappa shape index (κ2) is 7.36. The van der Waals surface area contributed by atoms with Gasteiger partial charge in [0, 0.05) is 23.7 Å². The van der Waals surface area contributed by atoms with Crippen LogP contribution in [-0.4, -0.2) is 36.1 Å². The number of carbonyl (C=O) groups is 1. The van der Waals surface area contributed by atoms with Crippen molar-refractivity contribution >= 4 is 16.9 Å². The van der Waals surface area contributed by atoms with Gasteiger partial charge in [0.2, 0.25) is 0 Å². The highest BCUT2D eigenvalue weighted by Crippen LogP contribution is 2.26. The van der Waals surface area contributed by atoms with Crippen LogP contribution >= 0.6 is 0 Å². The number of nitrogens with zero attached hydrogens (tertiary/aromatic N) is 1. The number of carbonyl (C=O) groups excluding carboxylic acids is 1. The summed E-state index contributed by atoms with van der Waals surface area (Å²) in [6, 6.07) is 11.3. The molecular weight excluding hydrogens is 316 g/mol. The van der Waals surface area contributed by atoms with Gasteiger partial charge in [-0.1, -0.05) is 6.07 Å². The number of aryl methyl sites for hydroxylation is 1. The van der Waals surface area contributed by atoms with E-state index in [1.807, 2.05) is 43.3 Å². The smallest absolute Gasteiger partial charge is 0.251 e. The van der Waals surface area contributed by atoms with E-state index in [9.17, 15) is 4.79 Å². The molecule has 0 atom stereocenters. The lowest BCUT2D eigenvalue weighted by molar-refractivity contribution is 0.0953. The second-order valence-corrected chi connectivity index (χ2v) is 5.90. The van der Waals surface area contributed by atoms with E-state index in [0.717, 1.165) is 40.2 Å². The summed E-state index contributed by atoms with van der Waals surface area (Å²) in [4.78, 5) is 20.1. The number of fused-ring (bicyclic) bond motifs is 1. The normalized spacial score (nSPS) is 10.8. The van der Waals surface area contributed by atoms with Gasteiger partial charge in [0.05, 0.1) is 18.1 Å². The van der Waals surface area contributed by atoms with Gasteiger partial charge in [0.25, 0.3) is 5.91 Å². The fourth-order valence-corrected chi connectivity index (χ4v) is 2.72. The number of amides is 1. The number of H-pyrrole nitrogens is 1. The number of imidazole rings is 1. The number of ether oxygens (including phenoxy) is 1. The summed E-state index contributed by atoms with van der Waals surface area (Å²) < 4.78 is 5.24. The summed E-state index contributed by atoms with van der Waals surface area (Å²) in [5.41, 5.74) is 9.82. The molecule has 0 radical (unpaired) electrons. The zero-order chi connectivity index (χ0) is 17.8. The Morgan fingerprint density at radius 2 is 2.12 bits per heavy atom. The third-order valence-corrected chi connectivity index (χ3v) is 4.10. The molecule has 3 rings (SSSR count). The lowest BCUT2D eigenvalue weighted by atomic mass is 10.0. The molecule has 0 aliphatic heterocycles. The minimum atomic E-state index is -0.0857. The zero-order valence-electron chi connectivity index (χ0n) is 14.4. The molecule has 0 unspecified atom stereocenters. The molecule has 0 saturated carbocycles. The summed E-state index contributed by atoms with van der Waals surface area (Å²) in [7, 11) is 1.64. The van der Waals surface area contributed by atoms with Crippen LogP contribution in [-0.2, 0) is 0 Å². The topological polar surface area (TPSA) is 93.0 Å². The van der Waals surface area contributed by atoms with Gasteiger partial charge in [0.1, 0.15) is 11.6 Å². The van der Waals surface area contributed by atoms with Crippen molar-refractivity contribution in [2.75, 3.05) is 20.2 Å². The average Bonchev–Trinajstić information content (AvgIpc) is 3.04. The SMILES string of the molecule is COc1ccc2nc(-c3ccc(C(=O)NCCCN)cc3C)[nH]c2c1. The zero-order valence-corrected chi connectivity index (χ0v) is 14.4. The molecule has 1 aromatic heterocycles. The fraction of sp³-hybridized carbons (Fsp3) is 0.263. The molecule has 0 spiro atoms. The second-order valence-electron chi connectivity index (χ2n) is 5.90. The molecule has 3 aromatic rings. The molecular formula is C19H22N4O2. The number of aromatic amines is 1. The molecule has 0 aliphatic carbocycles. The van der Waals surface area contributed by atoms with Crippen molar-refractivity contribution in [3.63, 3.8) is 0 Å². The summed E-state index contributed by atoms with van der Waals surface area (Å²) in [5.74, 6) is 1.47. The van der Waals surface area contributed by atoms with E-state index in [-0.39, 0.29) is 5.91 Å². The fourth-order valence-electron chi connectivity index (χ4n) is 2.72. The van der Waals surface area contributed by atoms with E-state index < -0.39 is 0 Å². The molecule has 1 heterocycles. The first-order chi connectivity index (χ1) is 12.1. The maximum absolute atomic E-state index is 12.1. The van der Waals surface area contributed by atoms with Gasteiger partial charge < -0.3 is 20.8 Å². The highest BCUT2D eigenvalue weighted by Gasteiger charge is 2.12. The number of methoxy groups -OCH3 is 1. The number of nitrogens with one attached hydrogen (secondary N) is 2. The summed E-state index contributed by atoms with van der Waals surface area (Å²) in [5, 5.41) is 2.86. The summed E-state index contributed by atoms with van der Waals surface area (Å²) in [6.07, 6.45) is 0.769. The quantitative estimate of drug-likeness (QED) is 0.602. The molecule has 0 fully saturated rings. The lowest BCUT2D eigenvalue weighted by Gasteiger charge is -2.07. The van der Waals surface area contributed by atoms with Gasteiger partial charge in [-0.15, -0.1) is 0 Å². The van der Waals surface area contributed by atoms with Gasteiger partial charge in [0.15, 0.2) is 0 Å². The highest BCUT2D eigenvalue weighted by atomic mass is 16.5. The first kappa shape index (κ1) is 17.0. The predicted molar refractivity (Wildman–Crippen MR) is 98.8 cm³/mol. The van der Waals surface area contributed by atoms with Crippen LogP contribution in [0.4, 0.5) is 0 Å². The van der Waals surface area contributed by atoms with Gasteiger partial charge in [-0.3, -0.25) is 4.79 Å². The Bertz CT molecular complexity index is 902. The van der Waals surface area contributed by atoms with Gasteiger partial charge in [-0.2, -0.15) is 0 Å². The number of hydrogen-bond donors (Lipinski definition) is 3. The standard InChI is InChI=1S/C19H22N4O2/c1-12-10-13(19(24)21-9-3-8-20)4-6-15(12)18-22-16-7-5-14(25-2)11-17(16)23-18/h4-7,10-11H,3,8-9,20H2,1-2H3,(H,21,24)(H,22,23). The number of rotatable bonds is 6. The van der Waals surface area contributed by atoms with E-state index >= 15 is 0 Å². The van der Waals surface area contributed by atoms with Crippen LogP contribution < -0.4 is 15.8 Å². The maximum Gasteiger partial charge on any atom is 0.251 e. The first-order valence-electron chi connectivity index (χ1n) is 8.25. The van der Waals surface area contributed by atoms with E-state index in [4.69, 9.17) is 10.5 Å². The van der Waals surface area contributed by atoms with E-state index in [0.29, 0.717) is 18.7 Å². The van der Waals surface area contributed by atoms with Crippen LogP contribution in [0.3, 0.4) is 0 Å². The molecule has 6 nitrogen and oxygen atoms in total. The Morgan fingerprint density at radius 1 is 1.28 bits per heavy atom. The Morgan fingerprint density at radius 3 is 2.84 bits per heavy atom. The Balaban J connectivity index is 1.86. The Hall–Kier alpha value is -2.86. The molecule has 0 bridgehead atoms. The molecule has 130 valence electrons. The molecule has 2 aromatic carbocycles. The maximum atomic E-state index is 12.1. The Kier molecular flexibility index (Phi) is 5.00.